The lowest BCUT2D eigenvalue weighted by molar-refractivity contribution is 0.0650. The highest BCUT2D eigenvalue weighted by Gasteiger charge is 2.37. The zero-order valence-electron chi connectivity index (χ0n) is 24.4. The Bertz CT molecular complexity index is 2180. The summed E-state index contributed by atoms with van der Waals surface area (Å²) in [5.41, 5.74) is -6.86. The van der Waals surface area contributed by atoms with Crippen LogP contribution in [0.25, 0.3) is 44.5 Å². The fraction of sp³-hybridized carbons (Fsp3) is 0. The van der Waals surface area contributed by atoms with Gasteiger partial charge in [-0.05, 0) is 45.5 Å². The van der Waals surface area contributed by atoms with Gasteiger partial charge in [0.15, 0.2) is 0 Å². The molecule has 0 radical (unpaired) electrons. The normalized spacial score (nSPS) is 10.7. The SMILES string of the molecule is O=C(O)c1cccc(-c2c(C(=O)O)c(C(=O)O)c(-c3ccccc3)c(-c3ccccc3)c2-c2cccc(C(=O)O)c2C(=O)O)c1C(=O)O. The standard InChI is InChI=1S/C36H22O12/c37-31(38)21-15-7-13-19(25(21)33(41)42)27-23(17-9-3-1-4-10-17)24(18-11-5-2-6-12-18)29(35(45)46)30(36(47)48)28(27)20-14-8-16-22(32(39)40)26(20)34(43)44/h1-16H,(H,37,38)(H,39,40)(H,41,42)(H,43,44)(H,45,46)(H,47,48). The van der Waals surface area contributed by atoms with Gasteiger partial charge in [0.2, 0.25) is 0 Å². The molecule has 5 rings (SSSR count). The van der Waals surface area contributed by atoms with Crippen molar-refractivity contribution < 1.29 is 59.4 Å². The van der Waals surface area contributed by atoms with E-state index in [9.17, 15) is 59.4 Å². The summed E-state index contributed by atoms with van der Waals surface area (Å²) in [6, 6.07) is 22.1. The van der Waals surface area contributed by atoms with Crippen LogP contribution in [0.4, 0.5) is 0 Å². The predicted octanol–water partition coefficient (Wildman–Crippen LogP) is 6.54. The largest absolute Gasteiger partial charge is 0.478 e. The van der Waals surface area contributed by atoms with Gasteiger partial charge in [0.25, 0.3) is 0 Å². The molecular formula is C36H22O12. The molecule has 0 atom stereocenters. The van der Waals surface area contributed by atoms with E-state index in [-0.39, 0.29) is 27.8 Å². The monoisotopic (exact) mass is 646 g/mol. The van der Waals surface area contributed by atoms with E-state index in [2.05, 4.69) is 0 Å². The van der Waals surface area contributed by atoms with Gasteiger partial charge in [-0.2, -0.15) is 0 Å². The molecule has 0 unspecified atom stereocenters. The molecule has 0 saturated heterocycles. The Balaban J connectivity index is 2.28. The van der Waals surface area contributed by atoms with E-state index < -0.39 is 85.9 Å². The number of carboxylic acids is 6. The molecule has 0 spiro atoms. The lowest BCUT2D eigenvalue weighted by Gasteiger charge is -2.27. The molecule has 5 aromatic rings. The fourth-order valence-corrected chi connectivity index (χ4v) is 5.84. The number of hydrogen-bond donors (Lipinski definition) is 6. The van der Waals surface area contributed by atoms with Gasteiger partial charge in [0.1, 0.15) is 0 Å². The summed E-state index contributed by atoms with van der Waals surface area (Å²) in [6.45, 7) is 0. The summed E-state index contributed by atoms with van der Waals surface area (Å²) in [7, 11) is 0. The van der Waals surface area contributed by atoms with Gasteiger partial charge < -0.3 is 30.6 Å². The third-order valence-electron chi connectivity index (χ3n) is 7.61. The van der Waals surface area contributed by atoms with Crippen molar-refractivity contribution in [1.29, 1.82) is 0 Å². The van der Waals surface area contributed by atoms with Crippen LogP contribution in [0.1, 0.15) is 62.1 Å². The number of hydrogen-bond acceptors (Lipinski definition) is 6. The summed E-state index contributed by atoms with van der Waals surface area (Å²) in [5, 5.41) is 62.1. The van der Waals surface area contributed by atoms with E-state index >= 15 is 0 Å². The Morgan fingerprint density at radius 1 is 0.312 bits per heavy atom. The van der Waals surface area contributed by atoms with Crippen LogP contribution in [-0.4, -0.2) is 66.5 Å². The lowest BCUT2D eigenvalue weighted by Crippen LogP contribution is -2.18. The first-order valence-electron chi connectivity index (χ1n) is 13.9. The third-order valence-corrected chi connectivity index (χ3v) is 7.61. The van der Waals surface area contributed by atoms with Gasteiger partial charge in [-0.1, -0.05) is 84.9 Å². The Kier molecular flexibility index (Phi) is 8.57. The minimum Gasteiger partial charge on any atom is -0.478 e. The summed E-state index contributed by atoms with van der Waals surface area (Å²) in [4.78, 5) is 76.6. The molecular weight excluding hydrogens is 624 g/mol. The van der Waals surface area contributed by atoms with Gasteiger partial charge in [-0.25, -0.2) is 28.8 Å². The molecule has 0 amide bonds. The van der Waals surface area contributed by atoms with E-state index in [0.29, 0.717) is 0 Å². The zero-order chi connectivity index (χ0) is 34.9. The van der Waals surface area contributed by atoms with E-state index in [4.69, 9.17) is 0 Å². The zero-order valence-corrected chi connectivity index (χ0v) is 24.4. The molecule has 0 aromatic heterocycles. The smallest absolute Gasteiger partial charge is 0.337 e. The topological polar surface area (TPSA) is 224 Å². The maximum absolute atomic E-state index is 13.3. The second-order valence-corrected chi connectivity index (χ2v) is 10.3. The second-order valence-electron chi connectivity index (χ2n) is 10.3. The van der Waals surface area contributed by atoms with Gasteiger partial charge in [0, 0.05) is 11.1 Å². The van der Waals surface area contributed by atoms with Crippen LogP contribution < -0.4 is 0 Å². The van der Waals surface area contributed by atoms with Crippen LogP contribution in [0.3, 0.4) is 0 Å². The number of aromatic carboxylic acids is 6. The van der Waals surface area contributed by atoms with Gasteiger partial charge in [0.05, 0.1) is 33.4 Å². The molecule has 0 aliphatic rings. The predicted molar refractivity (Wildman–Crippen MR) is 170 cm³/mol. The first-order chi connectivity index (χ1) is 22.9. The summed E-state index contributed by atoms with van der Waals surface area (Å²) in [5.74, 6) is -10.5. The molecule has 12 nitrogen and oxygen atoms in total. The molecule has 0 aliphatic carbocycles. The fourth-order valence-electron chi connectivity index (χ4n) is 5.84. The number of carboxylic acid groups (broad SMARTS) is 6. The van der Waals surface area contributed by atoms with Crippen molar-refractivity contribution in [3.8, 4) is 44.5 Å². The van der Waals surface area contributed by atoms with Crippen molar-refractivity contribution in [2.45, 2.75) is 0 Å². The van der Waals surface area contributed by atoms with Crippen LogP contribution in [0, 0.1) is 0 Å². The quantitative estimate of drug-likeness (QED) is 0.0951. The molecule has 12 heteroatoms. The highest BCUT2D eigenvalue weighted by atomic mass is 16.4. The van der Waals surface area contributed by atoms with E-state index in [1.165, 1.54) is 36.4 Å². The maximum atomic E-state index is 13.3. The van der Waals surface area contributed by atoms with Gasteiger partial charge in [-0.15, -0.1) is 0 Å². The second kappa shape index (κ2) is 12.7. The van der Waals surface area contributed by atoms with Crippen molar-refractivity contribution in [2.24, 2.45) is 0 Å². The van der Waals surface area contributed by atoms with Crippen LogP contribution in [0.15, 0.2) is 97.1 Å². The van der Waals surface area contributed by atoms with E-state index in [1.807, 2.05) is 0 Å². The number of rotatable bonds is 10. The first-order valence-corrected chi connectivity index (χ1v) is 13.9. The third kappa shape index (κ3) is 5.49. The Labute approximate surface area is 270 Å². The van der Waals surface area contributed by atoms with E-state index in [0.717, 1.165) is 24.3 Å². The minimum atomic E-state index is -1.87. The van der Waals surface area contributed by atoms with Crippen molar-refractivity contribution >= 4 is 35.8 Å². The van der Waals surface area contributed by atoms with Crippen LogP contribution in [0.2, 0.25) is 0 Å². The molecule has 0 aliphatic heterocycles. The molecule has 48 heavy (non-hydrogen) atoms. The Morgan fingerprint density at radius 2 is 0.667 bits per heavy atom. The summed E-state index contributed by atoms with van der Waals surface area (Å²) in [6.07, 6.45) is 0. The van der Waals surface area contributed by atoms with Crippen LogP contribution in [0.5, 0.6) is 0 Å². The molecule has 0 saturated carbocycles. The van der Waals surface area contributed by atoms with Gasteiger partial charge >= 0.3 is 35.8 Å². The van der Waals surface area contributed by atoms with Crippen molar-refractivity contribution in [1.82, 2.24) is 0 Å². The number of benzene rings is 5. The lowest BCUT2D eigenvalue weighted by atomic mass is 9.75. The van der Waals surface area contributed by atoms with E-state index in [1.54, 1.807) is 36.4 Å². The van der Waals surface area contributed by atoms with Crippen molar-refractivity contribution in [2.75, 3.05) is 0 Å². The minimum absolute atomic E-state index is 0.0821. The molecule has 5 aromatic carbocycles. The Morgan fingerprint density at radius 3 is 1.04 bits per heavy atom. The summed E-state index contributed by atoms with van der Waals surface area (Å²) < 4.78 is 0. The summed E-state index contributed by atoms with van der Waals surface area (Å²) >= 11 is 0. The highest BCUT2D eigenvalue weighted by molar-refractivity contribution is 6.22. The van der Waals surface area contributed by atoms with Crippen LogP contribution >= 0.6 is 0 Å². The number of carbonyl (C=O) groups is 6. The molecule has 6 N–H and O–H groups in total. The first kappa shape index (κ1) is 32.3. The van der Waals surface area contributed by atoms with Crippen molar-refractivity contribution in [3.63, 3.8) is 0 Å². The molecule has 238 valence electrons. The molecule has 0 fully saturated rings. The van der Waals surface area contributed by atoms with Crippen molar-refractivity contribution in [3.05, 3.63) is 130 Å². The average molecular weight is 647 g/mol. The molecule has 0 bridgehead atoms. The maximum Gasteiger partial charge on any atom is 0.337 e. The van der Waals surface area contributed by atoms with Gasteiger partial charge in [-0.3, -0.25) is 0 Å². The molecule has 0 heterocycles. The average Bonchev–Trinajstić information content (AvgIpc) is 3.06. The van der Waals surface area contributed by atoms with Crippen LogP contribution in [-0.2, 0) is 0 Å². The Hall–Kier alpha value is -7.08. The highest BCUT2D eigenvalue weighted by Crippen LogP contribution is 2.51.